The second-order valence-electron chi connectivity index (χ2n) is 5.41. The summed E-state index contributed by atoms with van der Waals surface area (Å²) in [6.07, 6.45) is -3.27. The van der Waals surface area contributed by atoms with Crippen LogP contribution in [0.2, 0.25) is 5.15 Å². The predicted octanol–water partition coefficient (Wildman–Crippen LogP) is 5.25. The minimum absolute atomic E-state index is 0.0184. The maximum atomic E-state index is 12.9. The Kier molecular flexibility index (Phi) is 4.77. The van der Waals surface area contributed by atoms with Gasteiger partial charge in [-0.2, -0.15) is 13.2 Å². The molecule has 0 radical (unpaired) electrons. The summed E-state index contributed by atoms with van der Waals surface area (Å²) in [5, 5.41) is -0.246. The monoisotopic (exact) mass is 397 g/mol. The van der Waals surface area contributed by atoms with Gasteiger partial charge in [-0.3, -0.25) is 0 Å². The lowest BCUT2D eigenvalue weighted by Crippen LogP contribution is -2.05. The van der Waals surface area contributed by atoms with E-state index in [1.165, 1.54) is 36.5 Å². The molecule has 0 bridgehead atoms. The molecule has 0 amide bonds. The maximum absolute atomic E-state index is 12.9. The van der Waals surface area contributed by atoms with E-state index >= 15 is 0 Å². The van der Waals surface area contributed by atoms with Crippen molar-refractivity contribution in [1.29, 1.82) is 0 Å². The van der Waals surface area contributed by atoms with Gasteiger partial charge in [0.15, 0.2) is 0 Å². The van der Waals surface area contributed by atoms with Crippen LogP contribution in [0, 0.1) is 0 Å². The minimum Gasteiger partial charge on any atom is -0.243 e. The van der Waals surface area contributed by atoms with Gasteiger partial charge in [-0.25, -0.2) is 13.4 Å². The third-order valence-corrected chi connectivity index (χ3v) is 5.87. The molecule has 0 atom stereocenters. The summed E-state index contributed by atoms with van der Waals surface area (Å²) >= 11 is 5.95. The van der Waals surface area contributed by atoms with E-state index in [0.29, 0.717) is 0 Å². The maximum Gasteiger partial charge on any atom is 0.416 e. The summed E-state index contributed by atoms with van der Waals surface area (Å²) in [5.41, 5.74) is -0.430. The minimum atomic E-state index is -4.51. The predicted molar refractivity (Wildman–Crippen MR) is 91.6 cm³/mol. The molecule has 0 spiro atoms. The van der Waals surface area contributed by atoms with Crippen LogP contribution >= 0.6 is 11.6 Å². The molecule has 1 heterocycles. The molecule has 0 aliphatic carbocycles. The summed E-state index contributed by atoms with van der Waals surface area (Å²) in [7, 11) is -3.96. The number of halogens is 4. The van der Waals surface area contributed by atoms with Gasteiger partial charge in [-0.15, -0.1) is 0 Å². The van der Waals surface area contributed by atoms with Crippen molar-refractivity contribution in [2.45, 2.75) is 16.0 Å². The summed E-state index contributed by atoms with van der Waals surface area (Å²) in [4.78, 5) is 3.60. The van der Waals surface area contributed by atoms with E-state index in [2.05, 4.69) is 4.98 Å². The molecule has 1 aromatic heterocycles. The molecule has 3 nitrogen and oxygen atoms in total. The van der Waals surface area contributed by atoms with Gasteiger partial charge in [-0.05, 0) is 35.9 Å². The number of alkyl halides is 3. The quantitative estimate of drug-likeness (QED) is 0.567. The lowest BCUT2D eigenvalue weighted by molar-refractivity contribution is -0.137. The van der Waals surface area contributed by atoms with Gasteiger partial charge in [-0.1, -0.05) is 41.9 Å². The lowest BCUT2D eigenvalue weighted by Gasteiger charge is -2.11. The summed E-state index contributed by atoms with van der Waals surface area (Å²) < 4.78 is 64.2. The van der Waals surface area contributed by atoms with Crippen LogP contribution in [0.5, 0.6) is 0 Å². The number of hydrogen-bond acceptors (Lipinski definition) is 3. The Morgan fingerprint density at radius 2 is 1.58 bits per heavy atom. The van der Waals surface area contributed by atoms with Crippen LogP contribution in [0.15, 0.2) is 76.7 Å². The SMILES string of the molecule is O=S(=O)(c1ccccc1)c1cc(-c2cccc(C(F)(F)F)c2)cnc1Cl. The summed E-state index contributed by atoms with van der Waals surface area (Å²) in [5.74, 6) is 0. The van der Waals surface area contributed by atoms with E-state index < -0.39 is 21.6 Å². The average Bonchev–Trinajstić information content (AvgIpc) is 2.62. The van der Waals surface area contributed by atoms with Crippen LogP contribution in [0.4, 0.5) is 13.2 Å². The Hall–Kier alpha value is -2.38. The Balaban J connectivity index is 2.13. The first-order valence-corrected chi connectivity index (χ1v) is 9.19. The summed E-state index contributed by atoms with van der Waals surface area (Å²) in [6, 6.07) is 13.4. The Morgan fingerprint density at radius 1 is 0.885 bits per heavy atom. The van der Waals surface area contributed by atoms with Gasteiger partial charge in [0, 0.05) is 11.8 Å². The molecular weight excluding hydrogens is 387 g/mol. The number of rotatable bonds is 3. The molecule has 134 valence electrons. The average molecular weight is 398 g/mol. The number of hydrogen-bond donors (Lipinski definition) is 0. The van der Waals surface area contributed by atoms with Gasteiger partial charge in [0.05, 0.1) is 10.5 Å². The number of aromatic nitrogens is 1. The number of sulfone groups is 1. The van der Waals surface area contributed by atoms with Crippen molar-refractivity contribution in [2.24, 2.45) is 0 Å². The van der Waals surface area contributed by atoms with Crippen molar-refractivity contribution in [3.05, 3.63) is 77.6 Å². The molecule has 8 heteroatoms. The molecule has 3 aromatic rings. The van der Waals surface area contributed by atoms with Gasteiger partial charge in [0.1, 0.15) is 10.0 Å². The molecule has 0 unspecified atom stereocenters. The molecule has 3 rings (SSSR count). The van der Waals surface area contributed by atoms with E-state index in [-0.39, 0.29) is 26.1 Å². The first kappa shape index (κ1) is 18.4. The van der Waals surface area contributed by atoms with E-state index in [9.17, 15) is 21.6 Å². The van der Waals surface area contributed by atoms with Crippen molar-refractivity contribution in [3.8, 4) is 11.1 Å². The van der Waals surface area contributed by atoms with E-state index in [1.54, 1.807) is 18.2 Å². The fourth-order valence-electron chi connectivity index (χ4n) is 2.38. The van der Waals surface area contributed by atoms with Crippen LogP contribution in [0.3, 0.4) is 0 Å². The van der Waals surface area contributed by atoms with Gasteiger partial charge in [0.25, 0.3) is 0 Å². The standard InChI is InChI=1S/C18H11ClF3NO2S/c19-17-16(26(24,25)15-7-2-1-3-8-15)10-13(11-23-17)12-5-4-6-14(9-12)18(20,21)22/h1-11H. The van der Waals surface area contributed by atoms with Crippen molar-refractivity contribution in [2.75, 3.05) is 0 Å². The first-order valence-electron chi connectivity index (χ1n) is 7.33. The molecule has 26 heavy (non-hydrogen) atoms. The summed E-state index contributed by atoms with van der Waals surface area (Å²) in [6.45, 7) is 0. The van der Waals surface area contributed by atoms with Gasteiger partial charge in [0.2, 0.25) is 9.84 Å². The number of benzene rings is 2. The normalized spacial score (nSPS) is 12.2. The van der Waals surface area contributed by atoms with Crippen LogP contribution in [-0.2, 0) is 16.0 Å². The molecule has 0 fully saturated rings. The number of nitrogens with zero attached hydrogens (tertiary/aromatic N) is 1. The van der Waals surface area contributed by atoms with Crippen molar-refractivity contribution >= 4 is 21.4 Å². The van der Waals surface area contributed by atoms with E-state index in [1.807, 2.05) is 0 Å². The highest BCUT2D eigenvalue weighted by Crippen LogP contribution is 2.34. The van der Waals surface area contributed by atoms with Crippen molar-refractivity contribution < 1.29 is 21.6 Å². The third kappa shape index (κ3) is 3.59. The highest BCUT2D eigenvalue weighted by molar-refractivity contribution is 7.91. The highest BCUT2D eigenvalue weighted by Gasteiger charge is 2.30. The Labute approximate surface area is 153 Å². The fourth-order valence-corrected chi connectivity index (χ4v) is 4.11. The van der Waals surface area contributed by atoms with E-state index in [4.69, 9.17) is 11.6 Å². The smallest absolute Gasteiger partial charge is 0.243 e. The molecule has 0 N–H and O–H groups in total. The van der Waals surface area contributed by atoms with Crippen LogP contribution in [0.25, 0.3) is 11.1 Å². The number of pyridine rings is 1. The molecule has 0 saturated heterocycles. The van der Waals surface area contributed by atoms with Crippen LogP contribution in [0.1, 0.15) is 5.56 Å². The molecule has 2 aromatic carbocycles. The molecule has 0 aliphatic rings. The second-order valence-corrected chi connectivity index (χ2v) is 7.68. The Morgan fingerprint density at radius 3 is 2.23 bits per heavy atom. The van der Waals surface area contributed by atoms with Crippen LogP contribution in [-0.4, -0.2) is 13.4 Å². The third-order valence-electron chi connectivity index (χ3n) is 3.67. The van der Waals surface area contributed by atoms with Gasteiger partial charge < -0.3 is 0 Å². The highest BCUT2D eigenvalue weighted by atomic mass is 35.5. The van der Waals surface area contributed by atoms with Crippen LogP contribution < -0.4 is 0 Å². The fraction of sp³-hybridized carbons (Fsp3) is 0.0556. The van der Waals surface area contributed by atoms with Crippen molar-refractivity contribution in [1.82, 2.24) is 4.98 Å². The Bertz CT molecular complexity index is 1050. The van der Waals surface area contributed by atoms with Crippen molar-refractivity contribution in [3.63, 3.8) is 0 Å². The van der Waals surface area contributed by atoms with Gasteiger partial charge >= 0.3 is 6.18 Å². The lowest BCUT2D eigenvalue weighted by atomic mass is 10.0. The zero-order valence-electron chi connectivity index (χ0n) is 13.0. The largest absolute Gasteiger partial charge is 0.416 e. The topological polar surface area (TPSA) is 47.0 Å². The molecule has 0 saturated carbocycles. The molecular formula is C18H11ClF3NO2S. The van der Waals surface area contributed by atoms with E-state index in [0.717, 1.165) is 12.1 Å². The molecule has 0 aliphatic heterocycles. The first-order chi connectivity index (χ1) is 12.2. The second kappa shape index (κ2) is 6.74. The zero-order chi connectivity index (χ0) is 18.9. The zero-order valence-corrected chi connectivity index (χ0v) is 14.6.